The van der Waals surface area contributed by atoms with Crippen molar-refractivity contribution in [1.29, 1.82) is 0 Å². The van der Waals surface area contributed by atoms with E-state index in [2.05, 4.69) is 0 Å². The van der Waals surface area contributed by atoms with Crippen LogP contribution in [0.25, 0.3) is 0 Å². The summed E-state index contributed by atoms with van der Waals surface area (Å²) < 4.78 is 5.41. The van der Waals surface area contributed by atoms with Crippen LogP contribution >= 0.6 is 11.6 Å². The highest BCUT2D eigenvalue weighted by atomic mass is 35.5. The molecule has 1 saturated heterocycles. The SMILES string of the molecule is CC(C)(C)OC(=O)N1CCC(N(CO)c2ccc(Cl)cc2)CC1. The number of likely N-dealkylation sites (tertiary alicyclic amines) is 1. The van der Waals surface area contributed by atoms with E-state index in [9.17, 15) is 9.90 Å². The molecular weight excluding hydrogens is 316 g/mol. The van der Waals surface area contributed by atoms with Crippen molar-refractivity contribution < 1.29 is 14.6 Å². The summed E-state index contributed by atoms with van der Waals surface area (Å²) >= 11 is 5.91. The minimum atomic E-state index is -0.478. The maximum Gasteiger partial charge on any atom is 0.410 e. The maximum atomic E-state index is 12.1. The van der Waals surface area contributed by atoms with Gasteiger partial charge in [0, 0.05) is 29.8 Å². The molecule has 23 heavy (non-hydrogen) atoms. The summed E-state index contributed by atoms with van der Waals surface area (Å²) in [7, 11) is 0. The van der Waals surface area contributed by atoms with Gasteiger partial charge in [0.15, 0.2) is 0 Å². The second-order valence-electron chi connectivity index (χ2n) is 6.79. The number of rotatable bonds is 3. The Bertz CT molecular complexity index is 520. The van der Waals surface area contributed by atoms with Gasteiger partial charge in [-0.05, 0) is 57.9 Å². The van der Waals surface area contributed by atoms with Crippen molar-refractivity contribution in [3.05, 3.63) is 29.3 Å². The summed E-state index contributed by atoms with van der Waals surface area (Å²) in [5.74, 6) is 0. The van der Waals surface area contributed by atoms with Gasteiger partial charge in [-0.2, -0.15) is 0 Å². The Hall–Kier alpha value is -1.46. The minimum Gasteiger partial charge on any atom is -0.444 e. The van der Waals surface area contributed by atoms with Gasteiger partial charge in [0.25, 0.3) is 0 Å². The third kappa shape index (κ3) is 5.01. The second-order valence-corrected chi connectivity index (χ2v) is 7.22. The van der Waals surface area contributed by atoms with Gasteiger partial charge in [-0.15, -0.1) is 0 Å². The number of ether oxygens (including phenoxy) is 1. The molecule has 2 rings (SSSR count). The number of carbonyl (C=O) groups is 1. The molecule has 6 heteroatoms. The van der Waals surface area contributed by atoms with Crippen LogP contribution in [0.5, 0.6) is 0 Å². The molecule has 0 bridgehead atoms. The molecule has 1 aliphatic heterocycles. The van der Waals surface area contributed by atoms with Crippen LogP contribution in [0, 0.1) is 0 Å². The first kappa shape index (κ1) is 17.9. The van der Waals surface area contributed by atoms with Gasteiger partial charge in [0.05, 0.1) is 0 Å². The van der Waals surface area contributed by atoms with E-state index in [0.29, 0.717) is 18.1 Å². The summed E-state index contributed by atoms with van der Waals surface area (Å²) in [5.41, 5.74) is 0.460. The predicted molar refractivity (Wildman–Crippen MR) is 91.8 cm³/mol. The Kier molecular flexibility index (Phi) is 5.76. The van der Waals surface area contributed by atoms with Crippen LogP contribution in [0.3, 0.4) is 0 Å². The lowest BCUT2D eigenvalue weighted by Gasteiger charge is -2.39. The highest BCUT2D eigenvalue weighted by Gasteiger charge is 2.29. The zero-order chi connectivity index (χ0) is 17.0. The minimum absolute atomic E-state index is 0.0568. The van der Waals surface area contributed by atoms with Crippen molar-refractivity contribution in [2.45, 2.75) is 45.3 Å². The number of benzene rings is 1. The number of amides is 1. The van der Waals surface area contributed by atoms with Crippen LogP contribution in [-0.2, 0) is 4.74 Å². The Morgan fingerprint density at radius 1 is 1.30 bits per heavy atom. The fourth-order valence-electron chi connectivity index (χ4n) is 2.73. The fourth-order valence-corrected chi connectivity index (χ4v) is 2.85. The summed E-state index contributed by atoms with van der Waals surface area (Å²) in [6.07, 6.45) is 1.32. The highest BCUT2D eigenvalue weighted by molar-refractivity contribution is 6.30. The monoisotopic (exact) mass is 340 g/mol. The molecule has 0 radical (unpaired) electrons. The number of anilines is 1. The maximum absolute atomic E-state index is 12.1. The van der Waals surface area contributed by atoms with Gasteiger partial charge in [0.2, 0.25) is 0 Å². The molecular formula is C17H25ClN2O3. The molecule has 1 aromatic rings. The molecule has 1 N–H and O–H groups in total. The predicted octanol–water partition coefficient (Wildman–Crippen LogP) is 3.50. The van der Waals surface area contributed by atoms with Crippen molar-refractivity contribution in [1.82, 2.24) is 4.90 Å². The summed E-state index contributed by atoms with van der Waals surface area (Å²) in [5, 5.41) is 10.4. The first-order valence-electron chi connectivity index (χ1n) is 7.91. The van der Waals surface area contributed by atoms with Gasteiger partial charge in [-0.3, -0.25) is 0 Å². The molecule has 5 nitrogen and oxygen atoms in total. The standard InChI is InChI=1S/C17H25ClN2O3/c1-17(2,3)23-16(22)19-10-8-15(9-11-19)20(12-21)14-6-4-13(18)5-7-14/h4-7,15,21H,8-12H2,1-3H3. The van der Waals surface area contributed by atoms with E-state index in [-0.39, 0.29) is 18.9 Å². The lowest BCUT2D eigenvalue weighted by Crippen LogP contribution is -2.48. The molecule has 0 unspecified atom stereocenters. The lowest BCUT2D eigenvalue weighted by molar-refractivity contribution is 0.0201. The van der Waals surface area contributed by atoms with Crippen LogP contribution in [0.4, 0.5) is 10.5 Å². The highest BCUT2D eigenvalue weighted by Crippen LogP contribution is 2.25. The molecule has 0 aliphatic carbocycles. The second kappa shape index (κ2) is 7.41. The molecule has 0 spiro atoms. The molecule has 1 aromatic carbocycles. The average Bonchev–Trinajstić information content (AvgIpc) is 2.49. The van der Waals surface area contributed by atoms with Crippen LogP contribution in [-0.4, -0.2) is 47.6 Å². The number of halogens is 1. The molecule has 0 atom stereocenters. The molecule has 0 saturated carbocycles. The van der Waals surface area contributed by atoms with E-state index in [1.54, 1.807) is 4.90 Å². The quantitative estimate of drug-likeness (QED) is 0.856. The van der Waals surface area contributed by atoms with E-state index in [0.717, 1.165) is 18.5 Å². The number of carbonyl (C=O) groups excluding carboxylic acids is 1. The van der Waals surface area contributed by atoms with Crippen molar-refractivity contribution >= 4 is 23.4 Å². The largest absolute Gasteiger partial charge is 0.444 e. The van der Waals surface area contributed by atoms with Crippen LogP contribution in [0.15, 0.2) is 24.3 Å². The molecule has 1 fully saturated rings. The topological polar surface area (TPSA) is 53.0 Å². The smallest absolute Gasteiger partial charge is 0.410 e. The molecule has 1 heterocycles. The molecule has 1 amide bonds. The first-order chi connectivity index (χ1) is 10.8. The first-order valence-corrected chi connectivity index (χ1v) is 8.29. The van der Waals surface area contributed by atoms with E-state index in [1.165, 1.54) is 0 Å². The van der Waals surface area contributed by atoms with E-state index < -0.39 is 5.60 Å². The third-order valence-electron chi connectivity index (χ3n) is 3.87. The van der Waals surface area contributed by atoms with Gasteiger partial charge in [0.1, 0.15) is 12.3 Å². The number of aliphatic hydroxyl groups excluding tert-OH is 1. The zero-order valence-electron chi connectivity index (χ0n) is 14.0. The normalized spacial score (nSPS) is 16.3. The Morgan fingerprint density at radius 2 is 1.87 bits per heavy atom. The Morgan fingerprint density at radius 3 is 2.35 bits per heavy atom. The average molecular weight is 341 g/mol. The molecule has 0 aromatic heterocycles. The van der Waals surface area contributed by atoms with E-state index >= 15 is 0 Å². The Labute approximate surface area is 142 Å². The van der Waals surface area contributed by atoms with Crippen LogP contribution < -0.4 is 4.90 Å². The van der Waals surface area contributed by atoms with Crippen molar-refractivity contribution in [2.24, 2.45) is 0 Å². The van der Waals surface area contributed by atoms with Crippen molar-refractivity contribution in [3.8, 4) is 0 Å². The summed E-state index contributed by atoms with van der Waals surface area (Å²) in [6, 6.07) is 7.63. The van der Waals surface area contributed by atoms with E-state index in [1.807, 2.05) is 49.9 Å². The summed E-state index contributed by atoms with van der Waals surface area (Å²) in [4.78, 5) is 15.8. The van der Waals surface area contributed by atoms with Gasteiger partial charge >= 0.3 is 6.09 Å². The van der Waals surface area contributed by atoms with Crippen molar-refractivity contribution in [3.63, 3.8) is 0 Å². The lowest BCUT2D eigenvalue weighted by atomic mass is 10.0. The number of nitrogens with zero attached hydrogens (tertiary/aromatic N) is 2. The van der Waals surface area contributed by atoms with Crippen molar-refractivity contribution in [2.75, 3.05) is 24.7 Å². The zero-order valence-corrected chi connectivity index (χ0v) is 14.7. The number of hydrogen-bond acceptors (Lipinski definition) is 4. The molecule has 128 valence electrons. The number of hydrogen-bond donors (Lipinski definition) is 1. The van der Waals surface area contributed by atoms with Gasteiger partial charge in [-0.1, -0.05) is 11.6 Å². The summed E-state index contributed by atoms with van der Waals surface area (Å²) in [6.45, 7) is 6.80. The van der Waals surface area contributed by atoms with Gasteiger partial charge in [-0.25, -0.2) is 4.79 Å². The molecule has 1 aliphatic rings. The number of piperidine rings is 1. The van der Waals surface area contributed by atoms with Gasteiger partial charge < -0.3 is 19.6 Å². The Balaban J connectivity index is 1.94. The third-order valence-corrected chi connectivity index (χ3v) is 4.12. The number of aliphatic hydroxyl groups is 1. The van der Waals surface area contributed by atoms with E-state index in [4.69, 9.17) is 16.3 Å². The van der Waals surface area contributed by atoms with Crippen LogP contribution in [0.2, 0.25) is 5.02 Å². The fraction of sp³-hybridized carbons (Fsp3) is 0.588. The van der Waals surface area contributed by atoms with Crippen LogP contribution in [0.1, 0.15) is 33.6 Å².